The summed E-state index contributed by atoms with van der Waals surface area (Å²) in [4.78, 5) is 14.2. The van der Waals surface area contributed by atoms with Crippen molar-refractivity contribution in [1.29, 1.82) is 0 Å². The van der Waals surface area contributed by atoms with Crippen molar-refractivity contribution in [1.82, 2.24) is 10.2 Å². The highest BCUT2D eigenvalue weighted by atomic mass is 32.2. The SMILES string of the molecule is CCN(c1ccc(NC(=O)C2CCCCC2)nn1)C1CCS(=O)(=O)C1. The first-order valence-electron chi connectivity index (χ1n) is 9.10. The molecule has 0 spiro atoms. The maximum atomic E-state index is 12.3. The van der Waals surface area contributed by atoms with Gasteiger partial charge >= 0.3 is 0 Å². The Bertz CT molecular complexity index is 699. The predicted molar refractivity (Wildman–Crippen MR) is 97.3 cm³/mol. The highest BCUT2D eigenvalue weighted by molar-refractivity contribution is 7.91. The number of nitrogens with zero attached hydrogens (tertiary/aromatic N) is 3. The Morgan fingerprint density at radius 1 is 1.20 bits per heavy atom. The van der Waals surface area contributed by atoms with Gasteiger partial charge in [-0.3, -0.25) is 4.79 Å². The van der Waals surface area contributed by atoms with Gasteiger partial charge in [0.05, 0.1) is 11.5 Å². The minimum atomic E-state index is -2.94. The lowest BCUT2D eigenvalue weighted by atomic mass is 9.89. The zero-order valence-corrected chi connectivity index (χ0v) is 15.5. The third-order valence-corrected chi connectivity index (χ3v) is 6.91. The summed E-state index contributed by atoms with van der Waals surface area (Å²) in [7, 11) is -2.94. The second-order valence-corrected chi connectivity index (χ2v) is 9.17. The number of hydrogen-bond donors (Lipinski definition) is 1. The topological polar surface area (TPSA) is 92.3 Å². The summed E-state index contributed by atoms with van der Waals surface area (Å²) < 4.78 is 23.4. The van der Waals surface area contributed by atoms with Gasteiger partial charge in [-0.05, 0) is 38.3 Å². The molecule has 1 saturated heterocycles. The Hall–Kier alpha value is -1.70. The van der Waals surface area contributed by atoms with Gasteiger partial charge in [0.15, 0.2) is 21.5 Å². The maximum Gasteiger partial charge on any atom is 0.228 e. The number of sulfone groups is 1. The number of hydrogen-bond acceptors (Lipinski definition) is 6. The van der Waals surface area contributed by atoms with Crippen LogP contribution in [0.25, 0.3) is 0 Å². The van der Waals surface area contributed by atoms with Gasteiger partial charge < -0.3 is 10.2 Å². The van der Waals surface area contributed by atoms with Gasteiger partial charge in [-0.15, -0.1) is 10.2 Å². The normalized spacial score (nSPS) is 23.3. The fraction of sp³-hybridized carbons (Fsp3) is 0.706. The molecule has 3 rings (SSSR count). The van der Waals surface area contributed by atoms with Gasteiger partial charge in [0, 0.05) is 18.5 Å². The molecule has 1 N–H and O–H groups in total. The molecule has 1 amide bonds. The lowest BCUT2D eigenvalue weighted by Crippen LogP contribution is -2.36. The fourth-order valence-electron chi connectivity index (χ4n) is 3.77. The van der Waals surface area contributed by atoms with Gasteiger partial charge in [0.2, 0.25) is 5.91 Å². The van der Waals surface area contributed by atoms with Crippen molar-refractivity contribution in [3.63, 3.8) is 0 Å². The third kappa shape index (κ3) is 4.48. The highest BCUT2D eigenvalue weighted by Crippen LogP contribution is 2.25. The number of rotatable bonds is 5. The van der Waals surface area contributed by atoms with E-state index in [9.17, 15) is 13.2 Å². The molecular formula is C17H26N4O3S. The van der Waals surface area contributed by atoms with E-state index in [1.54, 1.807) is 12.1 Å². The molecule has 25 heavy (non-hydrogen) atoms. The van der Waals surface area contributed by atoms with Crippen LogP contribution in [0.5, 0.6) is 0 Å². The van der Waals surface area contributed by atoms with Crippen LogP contribution in [0.1, 0.15) is 45.4 Å². The Labute approximate surface area is 149 Å². The smallest absolute Gasteiger partial charge is 0.228 e. The van der Waals surface area contributed by atoms with Crippen molar-refractivity contribution < 1.29 is 13.2 Å². The second-order valence-electron chi connectivity index (χ2n) is 6.94. The Kier molecular flexibility index (Phi) is 5.56. The minimum absolute atomic E-state index is 0.0241. The van der Waals surface area contributed by atoms with E-state index in [1.165, 1.54) is 6.42 Å². The first-order chi connectivity index (χ1) is 12.0. The summed E-state index contributed by atoms with van der Waals surface area (Å²) in [6.45, 7) is 2.65. The molecule has 2 heterocycles. The Balaban J connectivity index is 1.63. The highest BCUT2D eigenvalue weighted by Gasteiger charge is 2.32. The minimum Gasteiger partial charge on any atom is -0.351 e. The quantitative estimate of drug-likeness (QED) is 0.857. The van der Waals surface area contributed by atoms with Crippen LogP contribution in [0.3, 0.4) is 0 Å². The summed E-state index contributed by atoms with van der Waals surface area (Å²) in [5.41, 5.74) is 0. The summed E-state index contributed by atoms with van der Waals surface area (Å²) in [5.74, 6) is 1.61. The van der Waals surface area contributed by atoms with Crippen LogP contribution in [-0.4, -0.2) is 48.6 Å². The molecule has 2 fully saturated rings. The van der Waals surface area contributed by atoms with Crippen LogP contribution in [0.2, 0.25) is 0 Å². The van der Waals surface area contributed by atoms with Crippen molar-refractivity contribution >= 4 is 27.4 Å². The average molecular weight is 366 g/mol. The molecule has 1 aromatic rings. The van der Waals surface area contributed by atoms with Crippen LogP contribution >= 0.6 is 0 Å². The number of aromatic nitrogens is 2. The maximum absolute atomic E-state index is 12.3. The van der Waals surface area contributed by atoms with Crippen molar-refractivity contribution in [2.75, 3.05) is 28.3 Å². The standard InChI is InChI=1S/C17H26N4O3S/c1-2-21(14-10-11-25(23,24)12-14)16-9-8-15(19-20-16)18-17(22)13-6-4-3-5-7-13/h8-9,13-14H,2-7,10-12H2,1H3,(H,18,19,22). The van der Waals surface area contributed by atoms with Crippen molar-refractivity contribution in [3.8, 4) is 0 Å². The molecule has 1 saturated carbocycles. The first kappa shape index (κ1) is 18.1. The molecule has 0 bridgehead atoms. The van der Waals surface area contributed by atoms with Gasteiger partial charge in [-0.1, -0.05) is 19.3 Å². The van der Waals surface area contributed by atoms with Gasteiger partial charge in [0.1, 0.15) is 0 Å². The van der Waals surface area contributed by atoms with E-state index < -0.39 is 9.84 Å². The Morgan fingerprint density at radius 2 is 1.96 bits per heavy atom. The lowest BCUT2D eigenvalue weighted by Gasteiger charge is -2.27. The summed E-state index contributed by atoms with van der Waals surface area (Å²) in [5, 5.41) is 11.2. The van der Waals surface area contributed by atoms with E-state index in [0.717, 1.165) is 25.7 Å². The van der Waals surface area contributed by atoms with Gasteiger partial charge in [0.25, 0.3) is 0 Å². The molecule has 1 unspecified atom stereocenters. The van der Waals surface area contributed by atoms with Gasteiger partial charge in [-0.2, -0.15) is 0 Å². The molecule has 1 aromatic heterocycles. The van der Waals surface area contributed by atoms with E-state index in [1.807, 2.05) is 11.8 Å². The molecule has 8 heteroatoms. The van der Waals surface area contributed by atoms with E-state index >= 15 is 0 Å². The van der Waals surface area contributed by atoms with Crippen LogP contribution in [-0.2, 0) is 14.6 Å². The molecule has 138 valence electrons. The number of amides is 1. The van der Waals surface area contributed by atoms with Crippen LogP contribution in [0.4, 0.5) is 11.6 Å². The molecule has 1 aliphatic carbocycles. The average Bonchev–Trinajstić information content (AvgIpc) is 2.97. The largest absolute Gasteiger partial charge is 0.351 e. The summed E-state index contributed by atoms with van der Waals surface area (Å²) >= 11 is 0. The predicted octanol–water partition coefficient (Wildman–Crippen LogP) is 2.01. The third-order valence-electron chi connectivity index (χ3n) is 5.16. The van der Waals surface area contributed by atoms with E-state index in [4.69, 9.17) is 0 Å². The molecule has 2 aliphatic rings. The lowest BCUT2D eigenvalue weighted by molar-refractivity contribution is -0.120. The molecule has 1 atom stereocenters. The summed E-state index contributed by atoms with van der Waals surface area (Å²) in [6.07, 6.45) is 5.94. The molecule has 0 radical (unpaired) electrons. The zero-order valence-electron chi connectivity index (χ0n) is 14.6. The second kappa shape index (κ2) is 7.68. The first-order valence-corrected chi connectivity index (χ1v) is 10.9. The number of carbonyl (C=O) groups excluding carboxylic acids is 1. The Morgan fingerprint density at radius 3 is 2.52 bits per heavy atom. The van der Waals surface area contributed by atoms with Crippen molar-refractivity contribution in [2.45, 2.75) is 51.5 Å². The van der Waals surface area contributed by atoms with Crippen LogP contribution in [0, 0.1) is 5.92 Å². The van der Waals surface area contributed by atoms with Crippen molar-refractivity contribution in [3.05, 3.63) is 12.1 Å². The zero-order chi connectivity index (χ0) is 17.9. The number of anilines is 2. The molecule has 1 aliphatic heterocycles. The fourth-order valence-corrected chi connectivity index (χ4v) is 5.50. The van der Waals surface area contributed by atoms with Gasteiger partial charge in [-0.25, -0.2) is 8.42 Å². The van der Waals surface area contributed by atoms with Crippen molar-refractivity contribution in [2.24, 2.45) is 5.92 Å². The van der Waals surface area contributed by atoms with E-state index in [2.05, 4.69) is 15.5 Å². The van der Waals surface area contributed by atoms with E-state index in [-0.39, 0.29) is 29.4 Å². The monoisotopic (exact) mass is 366 g/mol. The van der Waals surface area contributed by atoms with E-state index in [0.29, 0.717) is 24.6 Å². The van der Waals surface area contributed by atoms with Crippen LogP contribution in [0.15, 0.2) is 12.1 Å². The summed E-state index contributed by atoms with van der Waals surface area (Å²) in [6, 6.07) is 3.50. The number of carbonyl (C=O) groups is 1. The molecule has 0 aromatic carbocycles. The van der Waals surface area contributed by atoms with Crippen LogP contribution < -0.4 is 10.2 Å². The number of nitrogens with one attached hydrogen (secondary N) is 1. The molecule has 7 nitrogen and oxygen atoms in total. The molecular weight excluding hydrogens is 340 g/mol.